The van der Waals surface area contributed by atoms with Crippen LogP contribution in [0.3, 0.4) is 0 Å². The Hall–Kier alpha value is -3.35. The van der Waals surface area contributed by atoms with Crippen molar-refractivity contribution in [3.8, 4) is 5.75 Å². The summed E-state index contributed by atoms with van der Waals surface area (Å²) in [6, 6.07) is 13.7. The third-order valence-electron chi connectivity index (χ3n) is 6.96. The van der Waals surface area contributed by atoms with Gasteiger partial charge in [-0.1, -0.05) is 32.0 Å². The Labute approximate surface area is 208 Å². The SMILES string of the molecule is COc1ccc(C(=O)N[C@@H](C(=O)N[C@H](C)C(C)C)C2CCN(C(=O)c3ccccc3C)CC2)cc1. The van der Waals surface area contributed by atoms with Gasteiger partial charge in [0.15, 0.2) is 0 Å². The average molecular weight is 480 g/mol. The molecular formula is C28H37N3O4. The van der Waals surface area contributed by atoms with Gasteiger partial charge >= 0.3 is 0 Å². The van der Waals surface area contributed by atoms with Crippen LogP contribution in [0.25, 0.3) is 0 Å². The summed E-state index contributed by atoms with van der Waals surface area (Å²) in [6.07, 6.45) is 1.27. The van der Waals surface area contributed by atoms with Gasteiger partial charge in [0.2, 0.25) is 5.91 Å². The van der Waals surface area contributed by atoms with E-state index in [9.17, 15) is 14.4 Å². The fourth-order valence-corrected chi connectivity index (χ4v) is 4.26. The molecule has 0 aromatic heterocycles. The number of hydrogen-bond donors (Lipinski definition) is 2. The third-order valence-corrected chi connectivity index (χ3v) is 6.96. The van der Waals surface area contributed by atoms with Crippen LogP contribution in [-0.2, 0) is 4.79 Å². The Morgan fingerprint density at radius 1 is 0.943 bits per heavy atom. The van der Waals surface area contributed by atoms with Crippen molar-refractivity contribution in [3.63, 3.8) is 0 Å². The minimum absolute atomic E-state index is 0.0123. The smallest absolute Gasteiger partial charge is 0.254 e. The van der Waals surface area contributed by atoms with E-state index in [1.807, 2.05) is 56.9 Å². The first-order chi connectivity index (χ1) is 16.7. The quantitative estimate of drug-likeness (QED) is 0.603. The van der Waals surface area contributed by atoms with Gasteiger partial charge in [-0.2, -0.15) is 0 Å². The van der Waals surface area contributed by atoms with Crippen LogP contribution in [0, 0.1) is 18.8 Å². The molecule has 1 aliphatic heterocycles. The lowest BCUT2D eigenvalue weighted by Crippen LogP contribution is -2.55. The first-order valence-corrected chi connectivity index (χ1v) is 12.3. The number of piperidine rings is 1. The Bertz CT molecular complexity index is 1030. The normalized spacial score (nSPS) is 15.9. The molecule has 1 fully saturated rings. The topological polar surface area (TPSA) is 87.7 Å². The highest BCUT2D eigenvalue weighted by Gasteiger charge is 2.35. The zero-order valence-electron chi connectivity index (χ0n) is 21.3. The molecule has 0 saturated carbocycles. The van der Waals surface area contributed by atoms with Crippen LogP contribution in [0.1, 0.15) is 59.9 Å². The summed E-state index contributed by atoms with van der Waals surface area (Å²) < 4.78 is 5.17. The van der Waals surface area contributed by atoms with Crippen LogP contribution in [0.2, 0.25) is 0 Å². The van der Waals surface area contributed by atoms with Crippen LogP contribution in [-0.4, -0.2) is 54.9 Å². The summed E-state index contributed by atoms with van der Waals surface area (Å²) >= 11 is 0. The number of rotatable bonds is 8. The number of hydrogen-bond acceptors (Lipinski definition) is 4. The second-order valence-electron chi connectivity index (χ2n) is 9.67. The van der Waals surface area contributed by atoms with Crippen molar-refractivity contribution in [1.82, 2.24) is 15.5 Å². The van der Waals surface area contributed by atoms with Crippen LogP contribution in [0.5, 0.6) is 5.75 Å². The summed E-state index contributed by atoms with van der Waals surface area (Å²) in [5.74, 6) is 0.383. The van der Waals surface area contributed by atoms with E-state index >= 15 is 0 Å². The number of amides is 3. The largest absolute Gasteiger partial charge is 0.497 e. The molecule has 7 heteroatoms. The van der Waals surface area contributed by atoms with Crippen molar-refractivity contribution in [3.05, 3.63) is 65.2 Å². The standard InChI is InChI=1S/C28H37N3O4/c1-18(2)20(4)29-27(33)25(30-26(32)22-10-12-23(35-5)13-11-22)21-14-16-31(17-15-21)28(34)24-9-7-6-8-19(24)3/h6-13,18,20-21,25H,14-17H2,1-5H3,(H,29,33)(H,30,32)/t20-,25-/m1/s1. The number of benzene rings is 2. The highest BCUT2D eigenvalue weighted by Crippen LogP contribution is 2.24. The molecule has 2 aromatic carbocycles. The van der Waals surface area contributed by atoms with E-state index < -0.39 is 6.04 Å². The second-order valence-corrected chi connectivity index (χ2v) is 9.67. The maximum atomic E-state index is 13.3. The van der Waals surface area contributed by atoms with Crippen LogP contribution < -0.4 is 15.4 Å². The Balaban J connectivity index is 1.72. The summed E-state index contributed by atoms with van der Waals surface area (Å²) in [7, 11) is 1.57. The minimum Gasteiger partial charge on any atom is -0.497 e. The summed E-state index contributed by atoms with van der Waals surface area (Å²) in [5, 5.41) is 6.04. The van der Waals surface area contributed by atoms with Gasteiger partial charge in [-0.3, -0.25) is 14.4 Å². The molecule has 3 amide bonds. The van der Waals surface area contributed by atoms with Gasteiger partial charge in [0.25, 0.3) is 11.8 Å². The van der Waals surface area contributed by atoms with Crippen molar-refractivity contribution in [1.29, 1.82) is 0 Å². The number of methoxy groups -OCH3 is 1. The van der Waals surface area contributed by atoms with E-state index in [-0.39, 0.29) is 35.6 Å². The molecule has 3 rings (SSSR count). The van der Waals surface area contributed by atoms with Crippen LogP contribution in [0.4, 0.5) is 0 Å². The third kappa shape index (κ3) is 6.62. The van der Waals surface area contributed by atoms with Gasteiger partial charge in [-0.05, 0) is 74.4 Å². The predicted molar refractivity (Wildman–Crippen MR) is 136 cm³/mol. The first-order valence-electron chi connectivity index (χ1n) is 12.3. The van der Waals surface area contributed by atoms with E-state index in [4.69, 9.17) is 4.74 Å². The molecule has 0 aliphatic carbocycles. The van der Waals surface area contributed by atoms with Crippen LogP contribution in [0.15, 0.2) is 48.5 Å². The van der Waals surface area contributed by atoms with Crippen molar-refractivity contribution in [2.45, 2.75) is 52.6 Å². The molecule has 0 radical (unpaired) electrons. The van der Waals surface area contributed by atoms with Gasteiger partial charge in [-0.15, -0.1) is 0 Å². The maximum absolute atomic E-state index is 13.3. The number of carbonyl (C=O) groups excluding carboxylic acids is 3. The Morgan fingerprint density at radius 3 is 2.14 bits per heavy atom. The van der Waals surface area contributed by atoms with E-state index in [0.717, 1.165) is 5.56 Å². The van der Waals surface area contributed by atoms with E-state index in [0.29, 0.717) is 42.8 Å². The molecule has 1 saturated heterocycles. The van der Waals surface area contributed by atoms with Gasteiger partial charge in [0.05, 0.1) is 7.11 Å². The molecule has 2 aromatic rings. The van der Waals surface area contributed by atoms with Crippen molar-refractivity contribution >= 4 is 17.7 Å². The Kier molecular flexibility index (Phi) is 8.90. The molecular weight excluding hydrogens is 442 g/mol. The molecule has 0 unspecified atom stereocenters. The van der Waals surface area contributed by atoms with Crippen molar-refractivity contribution in [2.75, 3.05) is 20.2 Å². The number of likely N-dealkylation sites (tertiary alicyclic amines) is 1. The highest BCUT2D eigenvalue weighted by molar-refractivity contribution is 5.98. The molecule has 35 heavy (non-hydrogen) atoms. The first kappa shape index (κ1) is 26.3. The van der Waals surface area contributed by atoms with Crippen molar-refractivity contribution in [2.24, 2.45) is 11.8 Å². The summed E-state index contributed by atoms with van der Waals surface area (Å²) in [6.45, 7) is 9.08. The fourth-order valence-electron chi connectivity index (χ4n) is 4.26. The lowest BCUT2D eigenvalue weighted by molar-refractivity contribution is -0.125. The average Bonchev–Trinajstić information content (AvgIpc) is 2.87. The van der Waals surface area contributed by atoms with Gasteiger partial charge < -0.3 is 20.3 Å². The lowest BCUT2D eigenvalue weighted by atomic mass is 9.87. The predicted octanol–water partition coefficient (Wildman–Crippen LogP) is 3.82. The number of nitrogens with zero attached hydrogens (tertiary/aromatic N) is 1. The minimum atomic E-state index is -0.679. The molecule has 7 nitrogen and oxygen atoms in total. The van der Waals surface area contributed by atoms with Crippen molar-refractivity contribution < 1.29 is 19.1 Å². The van der Waals surface area contributed by atoms with Gasteiger partial charge in [-0.25, -0.2) is 0 Å². The van der Waals surface area contributed by atoms with Gasteiger partial charge in [0.1, 0.15) is 11.8 Å². The molecule has 188 valence electrons. The molecule has 0 spiro atoms. The number of aryl methyl sites for hydroxylation is 1. The second kappa shape index (κ2) is 11.9. The molecule has 2 atom stereocenters. The van der Waals surface area contributed by atoms with E-state index in [1.165, 1.54) is 0 Å². The number of nitrogens with one attached hydrogen (secondary N) is 2. The number of carbonyl (C=O) groups is 3. The number of ether oxygens (including phenoxy) is 1. The molecule has 1 aliphatic rings. The highest BCUT2D eigenvalue weighted by atomic mass is 16.5. The van der Waals surface area contributed by atoms with E-state index in [1.54, 1.807) is 31.4 Å². The maximum Gasteiger partial charge on any atom is 0.254 e. The molecule has 2 N–H and O–H groups in total. The van der Waals surface area contributed by atoms with E-state index in [2.05, 4.69) is 10.6 Å². The molecule has 0 bridgehead atoms. The zero-order chi connectivity index (χ0) is 25.5. The molecule has 1 heterocycles. The summed E-state index contributed by atoms with van der Waals surface area (Å²) in [5.41, 5.74) is 2.12. The van der Waals surface area contributed by atoms with Crippen LogP contribution >= 0.6 is 0 Å². The zero-order valence-corrected chi connectivity index (χ0v) is 21.3. The summed E-state index contributed by atoms with van der Waals surface area (Å²) in [4.78, 5) is 41.2. The monoisotopic (exact) mass is 479 g/mol. The lowest BCUT2D eigenvalue weighted by Gasteiger charge is -2.36. The fraction of sp³-hybridized carbons (Fsp3) is 0.464. The Morgan fingerprint density at radius 2 is 1.57 bits per heavy atom. The van der Waals surface area contributed by atoms with Gasteiger partial charge in [0, 0.05) is 30.3 Å².